The molecule has 210 valence electrons. The molecule has 8 nitrogen and oxygen atoms in total. The summed E-state index contributed by atoms with van der Waals surface area (Å²) in [5.41, 5.74) is 2.61. The fourth-order valence-corrected chi connectivity index (χ4v) is 4.45. The maximum atomic E-state index is 11.7. The van der Waals surface area contributed by atoms with Gasteiger partial charge in [-0.15, -0.1) is 0 Å². The molecule has 0 saturated carbocycles. The predicted molar refractivity (Wildman–Crippen MR) is 154 cm³/mol. The average Bonchev–Trinajstić information content (AvgIpc) is 2.99. The Labute approximate surface area is 233 Å². The molecule has 0 amide bonds. The molecule has 0 N–H and O–H groups in total. The summed E-state index contributed by atoms with van der Waals surface area (Å²) in [5.74, 6) is 1.21. The van der Waals surface area contributed by atoms with Crippen LogP contribution in [0.25, 0.3) is 32.7 Å². The molecule has 0 aliphatic rings. The third kappa shape index (κ3) is 7.22. The molecule has 0 aliphatic carbocycles. The van der Waals surface area contributed by atoms with Gasteiger partial charge in [-0.2, -0.15) is 0 Å². The van der Waals surface area contributed by atoms with E-state index in [0.29, 0.717) is 75.5 Å². The van der Waals surface area contributed by atoms with Gasteiger partial charge in [-0.3, -0.25) is 9.59 Å². The lowest BCUT2D eigenvalue weighted by Gasteiger charge is -2.20. The van der Waals surface area contributed by atoms with Crippen LogP contribution in [0.3, 0.4) is 0 Å². The largest absolute Gasteiger partial charge is 0.491 e. The first-order valence-corrected chi connectivity index (χ1v) is 13.1. The second-order valence-electron chi connectivity index (χ2n) is 8.98. The van der Waals surface area contributed by atoms with Gasteiger partial charge >= 0.3 is 0 Å². The quantitative estimate of drug-likeness (QED) is 0.129. The molecule has 0 fully saturated rings. The summed E-state index contributed by atoms with van der Waals surface area (Å²) in [7, 11) is 3.25. The number of fused-ring (bicyclic) bond motifs is 2. The Morgan fingerprint density at radius 1 is 0.525 bits per heavy atom. The SMILES string of the molecule is COCCOCCOc1ccc2ccc(C=O)cc2c1-c1c(OCCOCCOC)ccc2ccc(C=O)cc12. The standard InChI is InChI=1S/C32H34O8/c1-35-11-13-37-15-17-39-29-9-7-25-5-3-23(21-33)19-27(25)31(29)32-28-20-24(22-34)4-6-26(28)8-10-30(32)40-18-16-38-14-12-36-2/h3-10,19-22H,11-18H2,1-2H3. The van der Waals surface area contributed by atoms with Gasteiger partial charge in [0.15, 0.2) is 0 Å². The van der Waals surface area contributed by atoms with E-state index in [4.69, 9.17) is 28.4 Å². The fraction of sp³-hybridized carbons (Fsp3) is 0.312. The normalized spacial score (nSPS) is 11.2. The first-order valence-electron chi connectivity index (χ1n) is 13.1. The molecule has 8 heteroatoms. The maximum Gasteiger partial charge on any atom is 0.150 e. The number of aldehydes is 2. The number of benzene rings is 4. The molecular formula is C32H34O8. The Hall–Kier alpha value is -3.82. The number of rotatable bonds is 17. The van der Waals surface area contributed by atoms with Gasteiger partial charge in [0.25, 0.3) is 0 Å². The Kier molecular flexibility index (Phi) is 11.0. The number of hydrogen-bond acceptors (Lipinski definition) is 8. The first kappa shape index (κ1) is 29.2. The van der Waals surface area contributed by atoms with E-state index in [1.807, 2.05) is 48.5 Å². The van der Waals surface area contributed by atoms with Gasteiger partial charge in [-0.25, -0.2) is 0 Å². The molecule has 0 atom stereocenters. The minimum absolute atomic E-state index is 0.309. The van der Waals surface area contributed by atoms with Crippen LogP contribution in [0.15, 0.2) is 60.7 Å². The minimum atomic E-state index is 0.309. The van der Waals surface area contributed by atoms with Crippen molar-refractivity contribution in [2.75, 3.05) is 67.1 Å². The van der Waals surface area contributed by atoms with E-state index < -0.39 is 0 Å². The zero-order valence-electron chi connectivity index (χ0n) is 22.9. The van der Waals surface area contributed by atoms with E-state index in [0.717, 1.165) is 45.2 Å². The van der Waals surface area contributed by atoms with Gasteiger partial charge in [0.05, 0.1) is 39.6 Å². The zero-order valence-corrected chi connectivity index (χ0v) is 22.9. The molecule has 0 aromatic heterocycles. The number of ether oxygens (including phenoxy) is 6. The Morgan fingerprint density at radius 3 is 1.32 bits per heavy atom. The van der Waals surface area contributed by atoms with Crippen LogP contribution in [0.4, 0.5) is 0 Å². The molecule has 0 heterocycles. The highest BCUT2D eigenvalue weighted by atomic mass is 16.5. The number of carbonyl (C=O) groups excluding carboxylic acids is 2. The van der Waals surface area contributed by atoms with Gasteiger partial charge < -0.3 is 28.4 Å². The lowest BCUT2D eigenvalue weighted by atomic mass is 9.91. The Bertz CT molecular complexity index is 1320. The highest BCUT2D eigenvalue weighted by Crippen LogP contribution is 2.46. The summed E-state index contributed by atoms with van der Waals surface area (Å²) in [6.07, 6.45) is 1.64. The third-order valence-electron chi connectivity index (χ3n) is 6.37. The summed E-state index contributed by atoms with van der Waals surface area (Å²) in [6, 6.07) is 18.8. The monoisotopic (exact) mass is 546 g/mol. The van der Waals surface area contributed by atoms with Crippen LogP contribution >= 0.6 is 0 Å². The molecule has 4 rings (SSSR count). The number of methoxy groups -OCH3 is 2. The Morgan fingerprint density at radius 2 is 0.925 bits per heavy atom. The van der Waals surface area contributed by atoms with Crippen molar-refractivity contribution in [2.45, 2.75) is 0 Å². The molecule has 4 aromatic carbocycles. The molecular weight excluding hydrogens is 512 g/mol. The van der Waals surface area contributed by atoms with Crippen molar-refractivity contribution in [2.24, 2.45) is 0 Å². The minimum Gasteiger partial charge on any atom is -0.491 e. The highest BCUT2D eigenvalue weighted by Gasteiger charge is 2.20. The molecule has 0 radical (unpaired) electrons. The van der Waals surface area contributed by atoms with Crippen molar-refractivity contribution in [3.8, 4) is 22.6 Å². The van der Waals surface area contributed by atoms with Crippen LogP contribution in [-0.4, -0.2) is 79.6 Å². The van der Waals surface area contributed by atoms with Gasteiger partial charge in [-0.1, -0.05) is 36.4 Å². The molecule has 4 aromatic rings. The van der Waals surface area contributed by atoms with Crippen LogP contribution in [0, 0.1) is 0 Å². The lowest BCUT2D eigenvalue weighted by Crippen LogP contribution is -2.11. The summed E-state index contributed by atoms with van der Waals surface area (Å²) in [4.78, 5) is 23.5. The van der Waals surface area contributed by atoms with Crippen molar-refractivity contribution in [3.63, 3.8) is 0 Å². The van der Waals surface area contributed by atoms with E-state index in [1.54, 1.807) is 26.4 Å². The second-order valence-corrected chi connectivity index (χ2v) is 8.98. The van der Waals surface area contributed by atoms with E-state index in [-0.39, 0.29) is 0 Å². The average molecular weight is 547 g/mol. The lowest BCUT2D eigenvalue weighted by molar-refractivity contribution is 0.0542. The van der Waals surface area contributed by atoms with Crippen LogP contribution in [0.1, 0.15) is 20.7 Å². The summed E-state index contributed by atoms with van der Waals surface area (Å²) >= 11 is 0. The maximum absolute atomic E-state index is 11.7. The van der Waals surface area contributed by atoms with Crippen molar-refractivity contribution in [3.05, 3.63) is 71.8 Å². The van der Waals surface area contributed by atoms with Gasteiger partial charge in [0.1, 0.15) is 37.3 Å². The first-order chi connectivity index (χ1) is 19.7. The second kappa shape index (κ2) is 15.1. The predicted octanol–water partition coefficient (Wildman–Crippen LogP) is 5.37. The number of carbonyl (C=O) groups is 2. The number of hydrogen-bond donors (Lipinski definition) is 0. The molecule has 0 spiro atoms. The van der Waals surface area contributed by atoms with Crippen molar-refractivity contribution >= 4 is 34.1 Å². The van der Waals surface area contributed by atoms with E-state index in [9.17, 15) is 9.59 Å². The van der Waals surface area contributed by atoms with Gasteiger partial charge in [0, 0.05) is 36.5 Å². The van der Waals surface area contributed by atoms with Crippen LogP contribution in [0.5, 0.6) is 11.5 Å². The summed E-state index contributed by atoms with van der Waals surface area (Å²) in [5, 5.41) is 3.52. The van der Waals surface area contributed by atoms with Crippen LogP contribution in [0.2, 0.25) is 0 Å². The molecule has 0 aliphatic heterocycles. The molecule has 0 unspecified atom stereocenters. The van der Waals surface area contributed by atoms with Crippen LogP contribution in [-0.2, 0) is 18.9 Å². The summed E-state index contributed by atoms with van der Waals surface area (Å²) in [6.45, 7) is 3.31. The van der Waals surface area contributed by atoms with Crippen molar-refractivity contribution in [1.82, 2.24) is 0 Å². The smallest absolute Gasteiger partial charge is 0.150 e. The van der Waals surface area contributed by atoms with E-state index >= 15 is 0 Å². The van der Waals surface area contributed by atoms with Gasteiger partial charge in [0.2, 0.25) is 0 Å². The third-order valence-corrected chi connectivity index (χ3v) is 6.37. The van der Waals surface area contributed by atoms with E-state index in [1.165, 1.54) is 0 Å². The molecule has 0 bridgehead atoms. The Balaban J connectivity index is 1.83. The molecule has 0 saturated heterocycles. The summed E-state index contributed by atoms with van der Waals surface area (Å²) < 4.78 is 33.8. The fourth-order valence-electron chi connectivity index (χ4n) is 4.45. The van der Waals surface area contributed by atoms with Crippen LogP contribution < -0.4 is 9.47 Å². The van der Waals surface area contributed by atoms with Gasteiger partial charge in [-0.05, 0) is 45.8 Å². The van der Waals surface area contributed by atoms with E-state index in [2.05, 4.69) is 0 Å². The highest BCUT2D eigenvalue weighted by molar-refractivity contribution is 6.11. The topological polar surface area (TPSA) is 89.5 Å². The molecule has 40 heavy (non-hydrogen) atoms. The van der Waals surface area contributed by atoms with Crippen molar-refractivity contribution < 1.29 is 38.0 Å². The van der Waals surface area contributed by atoms with Crippen molar-refractivity contribution in [1.29, 1.82) is 0 Å². The zero-order chi connectivity index (χ0) is 28.2.